The van der Waals surface area contributed by atoms with E-state index in [2.05, 4.69) is 4.98 Å². The van der Waals surface area contributed by atoms with Crippen molar-refractivity contribution in [2.24, 2.45) is 0 Å². The van der Waals surface area contributed by atoms with Crippen LogP contribution in [0.25, 0.3) is 0 Å². The fraction of sp³-hybridized carbons (Fsp3) is 0.316. The van der Waals surface area contributed by atoms with Gasteiger partial charge in [-0.2, -0.15) is 13.2 Å². The van der Waals surface area contributed by atoms with Crippen LogP contribution in [-0.4, -0.2) is 52.8 Å². The highest BCUT2D eigenvalue weighted by Gasteiger charge is 2.34. The summed E-state index contributed by atoms with van der Waals surface area (Å²) in [7, 11) is 0. The van der Waals surface area contributed by atoms with Crippen LogP contribution in [0, 0.1) is 12.7 Å². The Balaban J connectivity index is 1.67. The molecule has 29 heavy (non-hydrogen) atoms. The van der Waals surface area contributed by atoms with Gasteiger partial charge in [-0.15, -0.1) is 0 Å². The first-order chi connectivity index (χ1) is 13.6. The molecule has 1 saturated heterocycles. The molecule has 2 amide bonds. The topological polar surface area (TPSA) is 53.5 Å². The molecule has 154 valence electrons. The molecule has 0 bridgehead atoms. The average Bonchev–Trinajstić information content (AvgIpc) is 2.66. The first-order valence-corrected chi connectivity index (χ1v) is 9.04. The number of nitrogens with zero attached hydrogens (tertiary/aromatic N) is 3. The minimum absolute atomic E-state index is 0.0000374. The Labute approximate surface area is 168 Å². The van der Waals surface area contributed by atoms with E-state index in [-0.39, 0.29) is 53.9 Å². The standard InChI is InChI=1S/C19H16ClF4N3O2/c1-11-13(4-5-16(25-11)19(22,23)24)17(28)26-6-8-27(9-7-26)18(29)14-3-2-12(21)10-15(14)20/h2-5,10H,6-9H2,1H3. The molecule has 0 radical (unpaired) electrons. The molecule has 5 nitrogen and oxygen atoms in total. The first kappa shape index (κ1) is 21.0. The molecule has 0 unspecified atom stereocenters. The Kier molecular flexibility index (Phi) is 5.79. The van der Waals surface area contributed by atoms with E-state index in [9.17, 15) is 27.2 Å². The molecule has 1 aromatic carbocycles. The summed E-state index contributed by atoms with van der Waals surface area (Å²) < 4.78 is 51.4. The van der Waals surface area contributed by atoms with Gasteiger partial charge in [-0.1, -0.05) is 11.6 Å². The van der Waals surface area contributed by atoms with Crippen LogP contribution in [0.1, 0.15) is 32.1 Å². The van der Waals surface area contributed by atoms with Gasteiger partial charge in [0.15, 0.2) is 0 Å². The number of aryl methyl sites for hydroxylation is 1. The monoisotopic (exact) mass is 429 g/mol. The molecule has 1 fully saturated rings. The second-order valence-corrected chi connectivity index (χ2v) is 6.94. The lowest BCUT2D eigenvalue weighted by atomic mass is 10.1. The molecule has 1 aliphatic rings. The molecule has 2 heterocycles. The summed E-state index contributed by atoms with van der Waals surface area (Å²) in [6.07, 6.45) is -4.58. The summed E-state index contributed by atoms with van der Waals surface area (Å²) in [5.74, 6) is -1.38. The molecule has 0 aliphatic carbocycles. The second kappa shape index (κ2) is 7.98. The van der Waals surface area contributed by atoms with E-state index in [4.69, 9.17) is 11.6 Å². The number of piperazine rings is 1. The molecular formula is C19H16ClF4N3O2. The summed E-state index contributed by atoms with van der Waals surface area (Å²) >= 11 is 5.93. The minimum atomic E-state index is -4.58. The lowest BCUT2D eigenvalue weighted by molar-refractivity contribution is -0.141. The van der Waals surface area contributed by atoms with Crippen molar-refractivity contribution in [2.75, 3.05) is 26.2 Å². The summed E-state index contributed by atoms with van der Waals surface area (Å²) in [6, 6.07) is 5.38. The van der Waals surface area contributed by atoms with Crippen LogP contribution in [-0.2, 0) is 6.18 Å². The quantitative estimate of drug-likeness (QED) is 0.682. The summed E-state index contributed by atoms with van der Waals surface area (Å²) in [5.41, 5.74) is -0.824. The number of carbonyl (C=O) groups excluding carboxylic acids is 2. The maximum atomic E-state index is 13.2. The van der Waals surface area contributed by atoms with Crippen molar-refractivity contribution in [3.8, 4) is 0 Å². The Morgan fingerprint density at radius 2 is 1.48 bits per heavy atom. The van der Waals surface area contributed by atoms with Crippen LogP contribution in [0.2, 0.25) is 5.02 Å². The second-order valence-electron chi connectivity index (χ2n) is 6.54. The van der Waals surface area contributed by atoms with Gasteiger partial charge in [-0.25, -0.2) is 9.37 Å². The van der Waals surface area contributed by atoms with Crippen molar-refractivity contribution in [1.29, 1.82) is 0 Å². The molecule has 10 heteroatoms. The van der Waals surface area contributed by atoms with Crippen LogP contribution in [0.3, 0.4) is 0 Å². The maximum absolute atomic E-state index is 13.2. The van der Waals surface area contributed by atoms with Crippen LogP contribution in [0.15, 0.2) is 30.3 Å². The number of carbonyl (C=O) groups is 2. The molecule has 0 saturated carbocycles. The van der Waals surface area contributed by atoms with Crippen LogP contribution >= 0.6 is 11.6 Å². The van der Waals surface area contributed by atoms with Crippen LogP contribution in [0.5, 0.6) is 0 Å². The minimum Gasteiger partial charge on any atom is -0.335 e. The molecule has 1 aromatic heterocycles. The number of benzene rings is 1. The Hall–Kier alpha value is -2.68. The average molecular weight is 430 g/mol. The van der Waals surface area contributed by atoms with E-state index >= 15 is 0 Å². The summed E-state index contributed by atoms with van der Waals surface area (Å²) in [5, 5.41) is -0.0000374. The molecule has 3 rings (SSSR count). The molecule has 2 aromatic rings. The largest absolute Gasteiger partial charge is 0.433 e. The zero-order valence-electron chi connectivity index (χ0n) is 15.3. The number of pyridine rings is 1. The van der Waals surface area contributed by atoms with Gasteiger partial charge in [-0.05, 0) is 37.3 Å². The van der Waals surface area contributed by atoms with Crippen molar-refractivity contribution < 1.29 is 27.2 Å². The third-order valence-electron chi connectivity index (χ3n) is 4.62. The molecule has 0 N–H and O–H groups in total. The Morgan fingerprint density at radius 3 is 1.97 bits per heavy atom. The van der Waals surface area contributed by atoms with E-state index in [1.807, 2.05) is 0 Å². The van der Waals surface area contributed by atoms with E-state index in [0.717, 1.165) is 24.3 Å². The molecular weight excluding hydrogens is 414 g/mol. The number of rotatable bonds is 2. The fourth-order valence-electron chi connectivity index (χ4n) is 3.06. The third-order valence-corrected chi connectivity index (χ3v) is 4.94. The van der Waals surface area contributed by atoms with Crippen LogP contribution < -0.4 is 0 Å². The lowest BCUT2D eigenvalue weighted by Crippen LogP contribution is -2.50. The smallest absolute Gasteiger partial charge is 0.335 e. The summed E-state index contributed by atoms with van der Waals surface area (Å²) in [6.45, 7) is 2.17. The Morgan fingerprint density at radius 1 is 0.966 bits per heavy atom. The van der Waals surface area contributed by atoms with Crippen molar-refractivity contribution in [3.63, 3.8) is 0 Å². The highest BCUT2D eigenvalue weighted by atomic mass is 35.5. The lowest BCUT2D eigenvalue weighted by Gasteiger charge is -2.35. The molecule has 1 aliphatic heterocycles. The molecule has 0 spiro atoms. The predicted octanol–water partition coefficient (Wildman–Crippen LogP) is 3.80. The van der Waals surface area contributed by atoms with Gasteiger partial charge in [0, 0.05) is 26.2 Å². The zero-order valence-corrected chi connectivity index (χ0v) is 16.0. The highest BCUT2D eigenvalue weighted by Crippen LogP contribution is 2.28. The predicted molar refractivity (Wildman–Crippen MR) is 97.2 cm³/mol. The van der Waals surface area contributed by atoms with Gasteiger partial charge in [0.25, 0.3) is 11.8 Å². The Bertz CT molecular complexity index is 957. The van der Waals surface area contributed by atoms with Gasteiger partial charge in [0.05, 0.1) is 21.8 Å². The van der Waals surface area contributed by atoms with Crippen molar-refractivity contribution in [2.45, 2.75) is 13.1 Å². The van der Waals surface area contributed by atoms with Crippen molar-refractivity contribution in [3.05, 3.63) is 63.7 Å². The number of hydrogen-bond acceptors (Lipinski definition) is 3. The zero-order chi connectivity index (χ0) is 21.3. The van der Waals surface area contributed by atoms with Gasteiger partial charge >= 0.3 is 6.18 Å². The molecule has 0 atom stereocenters. The number of aromatic nitrogens is 1. The normalized spacial score (nSPS) is 14.8. The first-order valence-electron chi connectivity index (χ1n) is 8.66. The van der Waals surface area contributed by atoms with E-state index in [1.54, 1.807) is 0 Å². The van der Waals surface area contributed by atoms with E-state index < -0.39 is 23.6 Å². The SMILES string of the molecule is Cc1nc(C(F)(F)F)ccc1C(=O)N1CCN(C(=O)c2ccc(F)cc2Cl)CC1. The number of alkyl halides is 3. The number of halogens is 5. The van der Waals surface area contributed by atoms with Crippen molar-refractivity contribution in [1.82, 2.24) is 14.8 Å². The number of hydrogen-bond donors (Lipinski definition) is 0. The summed E-state index contributed by atoms with van der Waals surface area (Å²) in [4.78, 5) is 31.6. The van der Waals surface area contributed by atoms with Crippen molar-refractivity contribution >= 4 is 23.4 Å². The maximum Gasteiger partial charge on any atom is 0.433 e. The number of amides is 2. The fourth-order valence-corrected chi connectivity index (χ4v) is 3.31. The van der Waals surface area contributed by atoms with E-state index in [0.29, 0.717) is 0 Å². The third kappa shape index (κ3) is 4.50. The van der Waals surface area contributed by atoms with Gasteiger partial charge in [0.2, 0.25) is 0 Å². The van der Waals surface area contributed by atoms with E-state index in [1.165, 1.54) is 22.8 Å². The van der Waals surface area contributed by atoms with Gasteiger partial charge in [0.1, 0.15) is 11.5 Å². The van der Waals surface area contributed by atoms with Gasteiger partial charge in [-0.3, -0.25) is 9.59 Å². The van der Waals surface area contributed by atoms with Gasteiger partial charge < -0.3 is 9.80 Å². The highest BCUT2D eigenvalue weighted by molar-refractivity contribution is 6.33. The van der Waals surface area contributed by atoms with Crippen LogP contribution in [0.4, 0.5) is 17.6 Å².